The molecule has 0 spiro atoms. The minimum Gasteiger partial charge on any atom is -0.378 e. The summed E-state index contributed by atoms with van der Waals surface area (Å²) in [6.45, 7) is 2.11. The number of amides is 2. The van der Waals surface area contributed by atoms with Crippen LogP contribution in [0.3, 0.4) is 0 Å². The van der Waals surface area contributed by atoms with E-state index in [1.165, 1.54) is 12.8 Å². The summed E-state index contributed by atoms with van der Waals surface area (Å²) >= 11 is 0. The second kappa shape index (κ2) is 13.9. The molecule has 0 saturated heterocycles. The summed E-state index contributed by atoms with van der Waals surface area (Å²) in [7, 11) is 0. The highest BCUT2D eigenvalue weighted by atomic mass is 16.5. The number of carbonyl (C=O) groups excluding carboxylic acids is 2. The van der Waals surface area contributed by atoms with E-state index in [1.54, 1.807) is 0 Å². The third-order valence-corrected chi connectivity index (χ3v) is 3.65. The van der Waals surface area contributed by atoms with Gasteiger partial charge in [-0.2, -0.15) is 0 Å². The van der Waals surface area contributed by atoms with Gasteiger partial charge >= 0.3 is 0 Å². The van der Waals surface area contributed by atoms with Gasteiger partial charge in [0.1, 0.15) is 6.61 Å². The molecule has 0 saturated carbocycles. The van der Waals surface area contributed by atoms with Crippen LogP contribution in [-0.4, -0.2) is 57.4 Å². The molecular formula is C17H31N3O4. The van der Waals surface area contributed by atoms with Crippen LogP contribution in [0.4, 0.5) is 0 Å². The number of nitrogens with two attached hydrogens (primary N) is 1. The monoisotopic (exact) mass is 341 g/mol. The summed E-state index contributed by atoms with van der Waals surface area (Å²) in [6.07, 6.45) is 10.2. The summed E-state index contributed by atoms with van der Waals surface area (Å²) in [5, 5.41) is 5.45. The summed E-state index contributed by atoms with van der Waals surface area (Å²) < 4.78 is 11.0. The standard InChI is InChI=1S/C17H31N3O4/c18-9-8-16(21)19-10-12-23-13-11-20-17(22)14-24-15-6-4-2-1-3-5-7-15/h4,6,15H,1-3,5,7-14,18H2,(H,19,21)(H,20,22)/b6-4-. The van der Waals surface area contributed by atoms with Crippen LogP contribution in [0.2, 0.25) is 0 Å². The Morgan fingerprint density at radius 3 is 2.58 bits per heavy atom. The van der Waals surface area contributed by atoms with Crippen LogP contribution in [0.15, 0.2) is 12.2 Å². The zero-order valence-corrected chi connectivity index (χ0v) is 14.4. The number of ether oxygens (including phenoxy) is 2. The predicted molar refractivity (Wildman–Crippen MR) is 92.5 cm³/mol. The number of hydrogen-bond donors (Lipinski definition) is 3. The van der Waals surface area contributed by atoms with Crippen LogP contribution in [0, 0.1) is 0 Å². The first kappa shape index (κ1) is 20.6. The zero-order chi connectivity index (χ0) is 17.5. The molecule has 7 heteroatoms. The van der Waals surface area contributed by atoms with Gasteiger partial charge in [-0.15, -0.1) is 0 Å². The van der Waals surface area contributed by atoms with Crippen molar-refractivity contribution >= 4 is 11.8 Å². The first-order valence-corrected chi connectivity index (χ1v) is 8.82. The SMILES string of the molecule is NCCC(=O)NCCOCCNC(=O)COC1/C=C\CCCCC1. The van der Waals surface area contributed by atoms with E-state index in [2.05, 4.69) is 22.8 Å². The zero-order valence-electron chi connectivity index (χ0n) is 14.4. The Morgan fingerprint density at radius 2 is 1.83 bits per heavy atom. The smallest absolute Gasteiger partial charge is 0.246 e. The lowest BCUT2D eigenvalue weighted by Crippen LogP contribution is -2.33. The van der Waals surface area contributed by atoms with Gasteiger partial charge in [0.2, 0.25) is 11.8 Å². The van der Waals surface area contributed by atoms with Crippen molar-refractivity contribution in [2.24, 2.45) is 5.73 Å². The van der Waals surface area contributed by atoms with Crippen LogP contribution in [-0.2, 0) is 19.1 Å². The Morgan fingerprint density at radius 1 is 1.08 bits per heavy atom. The fraction of sp³-hybridized carbons (Fsp3) is 0.765. The Kier molecular flexibility index (Phi) is 12.0. The van der Waals surface area contributed by atoms with E-state index in [0.29, 0.717) is 39.3 Å². The molecule has 0 aromatic carbocycles. The van der Waals surface area contributed by atoms with Gasteiger partial charge in [0.05, 0.1) is 19.3 Å². The van der Waals surface area contributed by atoms with Gasteiger partial charge in [-0.1, -0.05) is 25.0 Å². The van der Waals surface area contributed by atoms with Crippen molar-refractivity contribution in [3.63, 3.8) is 0 Å². The van der Waals surface area contributed by atoms with Crippen molar-refractivity contribution in [2.45, 2.75) is 44.6 Å². The van der Waals surface area contributed by atoms with Crippen molar-refractivity contribution in [2.75, 3.05) is 39.5 Å². The maximum absolute atomic E-state index is 11.7. The molecular weight excluding hydrogens is 310 g/mol. The van der Waals surface area contributed by atoms with Gasteiger partial charge in [-0.25, -0.2) is 0 Å². The molecule has 7 nitrogen and oxygen atoms in total. The molecule has 1 aliphatic rings. The molecule has 1 rings (SSSR count). The Balaban J connectivity index is 1.96. The quantitative estimate of drug-likeness (QED) is 0.375. The second-order valence-electron chi connectivity index (χ2n) is 5.77. The fourth-order valence-corrected chi connectivity index (χ4v) is 2.35. The third kappa shape index (κ3) is 11.2. The van der Waals surface area contributed by atoms with Gasteiger partial charge < -0.3 is 25.8 Å². The third-order valence-electron chi connectivity index (χ3n) is 3.65. The molecule has 0 aliphatic heterocycles. The van der Waals surface area contributed by atoms with Gasteiger partial charge in [-0.05, 0) is 19.3 Å². The second-order valence-corrected chi connectivity index (χ2v) is 5.77. The molecule has 24 heavy (non-hydrogen) atoms. The normalized spacial score (nSPS) is 19.1. The molecule has 0 bridgehead atoms. The number of nitrogens with one attached hydrogen (secondary N) is 2. The van der Waals surface area contributed by atoms with Gasteiger partial charge in [-0.3, -0.25) is 9.59 Å². The van der Waals surface area contributed by atoms with Crippen molar-refractivity contribution in [3.05, 3.63) is 12.2 Å². The first-order chi connectivity index (χ1) is 11.7. The molecule has 0 heterocycles. The summed E-state index contributed by atoms with van der Waals surface area (Å²) in [5.74, 6) is -0.208. The van der Waals surface area contributed by atoms with Crippen LogP contribution in [0.1, 0.15) is 38.5 Å². The van der Waals surface area contributed by atoms with Crippen molar-refractivity contribution in [1.82, 2.24) is 10.6 Å². The highest BCUT2D eigenvalue weighted by Gasteiger charge is 2.09. The first-order valence-electron chi connectivity index (χ1n) is 8.82. The highest BCUT2D eigenvalue weighted by molar-refractivity contribution is 5.77. The number of rotatable bonds is 11. The number of hydrogen-bond acceptors (Lipinski definition) is 5. The average Bonchev–Trinajstić information content (AvgIpc) is 2.53. The Hall–Kier alpha value is -1.44. The van der Waals surface area contributed by atoms with E-state index in [0.717, 1.165) is 19.3 Å². The van der Waals surface area contributed by atoms with Crippen molar-refractivity contribution in [3.8, 4) is 0 Å². The molecule has 1 unspecified atom stereocenters. The molecule has 0 fully saturated rings. The maximum atomic E-state index is 11.7. The minimum absolute atomic E-state index is 0.0458. The van der Waals surface area contributed by atoms with Crippen LogP contribution in [0.5, 0.6) is 0 Å². The number of carbonyl (C=O) groups is 2. The summed E-state index contributed by atoms with van der Waals surface area (Å²) in [4.78, 5) is 22.8. The molecule has 2 amide bonds. The number of allylic oxidation sites excluding steroid dienone is 1. The molecule has 1 atom stereocenters. The Bertz CT molecular complexity index is 388. The lowest BCUT2D eigenvalue weighted by Gasteiger charge is -2.16. The van der Waals surface area contributed by atoms with Crippen LogP contribution in [0.25, 0.3) is 0 Å². The van der Waals surface area contributed by atoms with Crippen LogP contribution < -0.4 is 16.4 Å². The molecule has 0 aromatic heterocycles. The van der Waals surface area contributed by atoms with Gasteiger partial charge in [0.25, 0.3) is 0 Å². The summed E-state index contributed by atoms with van der Waals surface area (Å²) in [5.41, 5.74) is 5.27. The molecule has 0 radical (unpaired) electrons. The van der Waals surface area contributed by atoms with E-state index in [4.69, 9.17) is 15.2 Å². The van der Waals surface area contributed by atoms with E-state index in [9.17, 15) is 9.59 Å². The molecule has 1 aliphatic carbocycles. The van der Waals surface area contributed by atoms with Gasteiger partial charge in [0, 0.05) is 26.1 Å². The lowest BCUT2D eigenvalue weighted by atomic mass is 10.0. The topological polar surface area (TPSA) is 103 Å². The predicted octanol–water partition coefficient (Wildman–Crippen LogP) is 0.490. The van der Waals surface area contributed by atoms with E-state index in [-0.39, 0.29) is 24.5 Å². The van der Waals surface area contributed by atoms with Crippen molar-refractivity contribution in [1.29, 1.82) is 0 Å². The fourth-order valence-electron chi connectivity index (χ4n) is 2.35. The molecule has 138 valence electrons. The summed E-state index contributed by atoms with van der Waals surface area (Å²) in [6, 6.07) is 0. The van der Waals surface area contributed by atoms with Crippen molar-refractivity contribution < 1.29 is 19.1 Å². The van der Waals surface area contributed by atoms with Crippen LogP contribution >= 0.6 is 0 Å². The lowest BCUT2D eigenvalue weighted by molar-refractivity contribution is -0.127. The molecule has 4 N–H and O–H groups in total. The highest BCUT2D eigenvalue weighted by Crippen LogP contribution is 2.13. The Labute approximate surface area is 144 Å². The molecule has 0 aromatic rings. The minimum atomic E-state index is -0.134. The average molecular weight is 341 g/mol. The van der Waals surface area contributed by atoms with E-state index in [1.807, 2.05) is 0 Å². The van der Waals surface area contributed by atoms with E-state index < -0.39 is 0 Å². The van der Waals surface area contributed by atoms with E-state index >= 15 is 0 Å². The maximum Gasteiger partial charge on any atom is 0.246 e. The van der Waals surface area contributed by atoms with Gasteiger partial charge in [0.15, 0.2) is 0 Å². The largest absolute Gasteiger partial charge is 0.378 e.